The molecule has 0 unspecified atom stereocenters. The van der Waals surface area contributed by atoms with Crippen LogP contribution in [0.2, 0.25) is 0 Å². The van der Waals surface area contributed by atoms with Crippen LogP contribution < -0.4 is 14.4 Å². The van der Waals surface area contributed by atoms with Crippen molar-refractivity contribution in [1.29, 1.82) is 0 Å². The Labute approximate surface area is 157 Å². The molecule has 1 heterocycles. The van der Waals surface area contributed by atoms with E-state index in [-0.39, 0.29) is 25.2 Å². The van der Waals surface area contributed by atoms with Crippen molar-refractivity contribution >= 4 is 17.3 Å². The number of nitrogens with zero attached hydrogens (tertiary/aromatic N) is 4. The van der Waals surface area contributed by atoms with Crippen LogP contribution in [0.4, 0.5) is 17.3 Å². The van der Waals surface area contributed by atoms with Crippen LogP contribution in [0.5, 0.6) is 12.0 Å². The Morgan fingerprint density at radius 3 is 1.56 bits per heavy atom. The lowest BCUT2D eigenvalue weighted by Crippen LogP contribution is -2.15. The molecule has 2 aromatic carbocycles. The van der Waals surface area contributed by atoms with Gasteiger partial charge in [-0.1, -0.05) is 48.2 Å². The Morgan fingerprint density at radius 2 is 1.15 bits per heavy atom. The van der Waals surface area contributed by atoms with Crippen molar-refractivity contribution in [3.8, 4) is 36.7 Å². The molecule has 3 rings (SSSR count). The van der Waals surface area contributed by atoms with Gasteiger partial charge in [0.25, 0.3) is 0 Å². The predicted octanol–water partition coefficient (Wildman–Crippen LogP) is 3.37. The highest BCUT2D eigenvalue weighted by Gasteiger charge is 2.18. The fraction of sp³-hybridized carbons (Fsp3) is 0.0952. The van der Waals surface area contributed by atoms with Crippen molar-refractivity contribution in [1.82, 2.24) is 15.0 Å². The molecule has 0 aliphatic carbocycles. The van der Waals surface area contributed by atoms with E-state index in [1.165, 1.54) is 0 Å². The maximum absolute atomic E-state index is 5.38. The Bertz CT molecular complexity index is 887. The minimum Gasteiger partial charge on any atom is -0.450 e. The van der Waals surface area contributed by atoms with Gasteiger partial charge in [0.2, 0.25) is 5.95 Å². The van der Waals surface area contributed by atoms with E-state index in [2.05, 4.69) is 26.8 Å². The number of anilines is 3. The van der Waals surface area contributed by atoms with Crippen molar-refractivity contribution < 1.29 is 9.47 Å². The van der Waals surface area contributed by atoms with Gasteiger partial charge in [-0.05, 0) is 24.3 Å². The van der Waals surface area contributed by atoms with Gasteiger partial charge in [0.15, 0.2) is 13.2 Å². The molecule has 0 spiro atoms. The zero-order valence-corrected chi connectivity index (χ0v) is 14.4. The monoisotopic (exact) mass is 356 g/mol. The average Bonchev–Trinajstić information content (AvgIpc) is 2.72. The number of terminal acetylenes is 2. The van der Waals surface area contributed by atoms with Crippen LogP contribution in [0.15, 0.2) is 60.7 Å². The molecule has 6 nitrogen and oxygen atoms in total. The van der Waals surface area contributed by atoms with E-state index in [1.54, 1.807) is 0 Å². The molecule has 132 valence electrons. The van der Waals surface area contributed by atoms with Gasteiger partial charge in [0.05, 0.1) is 0 Å². The molecule has 0 fully saturated rings. The molecule has 27 heavy (non-hydrogen) atoms. The molecule has 0 amide bonds. The van der Waals surface area contributed by atoms with Crippen molar-refractivity contribution in [2.24, 2.45) is 0 Å². The van der Waals surface area contributed by atoms with E-state index in [4.69, 9.17) is 22.3 Å². The summed E-state index contributed by atoms with van der Waals surface area (Å²) in [5, 5.41) is 0. The highest BCUT2D eigenvalue weighted by molar-refractivity contribution is 5.72. The van der Waals surface area contributed by atoms with Gasteiger partial charge in [0, 0.05) is 11.4 Å². The minimum absolute atomic E-state index is 0.0225. The van der Waals surface area contributed by atoms with Gasteiger partial charge in [0.1, 0.15) is 0 Å². The number of ether oxygens (including phenoxy) is 2. The van der Waals surface area contributed by atoms with E-state index in [0.717, 1.165) is 11.4 Å². The first-order valence-corrected chi connectivity index (χ1v) is 8.10. The van der Waals surface area contributed by atoms with Crippen LogP contribution in [0.1, 0.15) is 0 Å². The molecule has 0 radical (unpaired) electrons. The summed E-state index contributed by atoms with van der Waals surface area (Å²) in [5.41, 5.74) is 1.72. The van der Waals surface area contributed by atoms with Crippen LogP contribution in [0.25, 0.3) is 0 Å². The summed E-state index contributed by atoms with van der Waals surface area (Å²) in [5.74, 6) is 5.08. The number of hydrogen-bond donors (Lipinski definition) is 0. The van der Waals surface area contributed by atoms with Crippen molar-refractivity contribution in [3.63, 3.8) is 0 Å². The first-order valence-electron chi connectivity index (χ1n) is 8.10. The second-order valence-electron chi connectivity index (χ2n) is 5.19. The Morgan fingerprint density at radius 1 is 0.704 bits per heavy atom. The maximum atomic E-state index is 5.38. The number of hydrogen-bond acceptors (Lipinski definition) is 6. The standard InChI is InChI=1S/C21H16N4O2/c1-3-15-26-20-22-19(23-21(24-20)27-16-4-2)25(17-11-7-5-8-12-17)18-13-9-6-10-14-18/h1-2,5-14H,15-16H2. The summed E-state index contributed by atoms with van der Waals surface area (Å²) < 4.78 is 10.8. The molecular weight excluding hydrogens is 340 g/mol. The summed E-state index contributed by atoms with van der Waals surface area (Å²) in [4.78, 5) is 14.7. The van der Waals surface area contributed by atoms with E-state index in [9.17, 15) is 0 Å². The highest BCUT2D eigenvalue weighted by atomic mass is 16.5. The molecule has 0 bridgehead atoms. The molecule has 0 saturated heterocycles. The summed E-state index contributed by atoms with van der Waals surface area (Å²) in [6, 6.07) is 19.5. The van der Waals surface area contributed by atoms with Crippen molar-refractivity contribution in [2.45, 2.75) is 0 Å². The average molecular weight is 356 g/mol. The molecule has 0 N–H and O–H groups in total. The largest absolute Gasteiger partial charge is 0.450 e. The Balaban J connectivity index is 2.10. The first kappa shape index (κ1) is 17.8. The zero-order chi connectivity index (χ0) is 18.9. The van der Waals surface area contributed by atoms with Gasteiger partial charge in [-0.25, -0.2) is 0 Å². The van der Waals surface area contributed by atoms with Gasteiger partial charge >= 0.3 is 12.0 Å². The number of aromatic nitrogens is 3. The third-order valence-corrected chi connectivity index (χ3v) is 3.38. The summed E-state index contributed by atoms with van der Waals surface area (Å²) >= 11 is 0. The van der Waals surface area contributed by atoms with E-state index >= 15 is 0 Å². The molecule has 0 saturated carbocycles. The smallest absolute Gasteiger partial charge is 0.325 e. The fourth-order valence-corrected chi connectivity index (χ4v) is 2.30. The van der Waals surface area contributed by atoms with E-state index in [0.29, 0.717) is 5.95 Å². The number of para-hydroxylation sites is 2. The SMILES string of the molecule is C#CCOc1nc(OCC#C)nc(N(c2ccccc2)c2ccccc2)n1. The summed E-state index contributed by atoms with van der Waals surface area (Å²) in [6.07, 6.45) is 10.5. The van der Waals surface area contributed by atoms with Gasteiger partial charge < -0.3 is 9.47 Å². The van der Waals surface area contributed by atoms with E-state index < -0.39 is 0 Å². The van der Waals surface area contributed by atoms with Crippen molar-refractivity contribution in [3.05, 3.63) is 60.7 Å². The lowest BCUT2D eigenvalue weighted by Gasteiger charge is -2.23. The van der Waals surface area contributed by atoms with Gasteiger partial charge in [-0.2, -0.15) is 9.97 Å². The molecule has 0 atom stereocenters. The molecule has 6 heteroatoms. The summed E-state index contributed by atoms with van der Waals surface area (Å²) in [7, 11) is 0. The molecule has 0 aliphatic rings. The Kier molecular flexibility index (Phi) is 5.85. The third-order valence-electron chi connectivity index (χ3n) is 3.38. The zero-order valence-electron chi connectivity index (χ0n) is 14.4. The second-order valence-corrected chi connectivity index (χ2v) is 5.19. The first-order chi connectivity index (χ1) is 13.3. The van der Waals surface area contributed by atoms with E-state index in [1.807, 2.05) is 65.6 Å². The normalized spacial score (nSPS) is 9.70. The lowest BCUT2D eigenvalue weighted by molar-refractivity contribution is 0.304. The summed E-state index contributed by atoms with van der Waals surface area (Å²) in [6.45, 7) is 0.0451. The van der Waals surface area contributed by atoms with Gasteiger partial charge in [-0.15, -0.1) is 17.8 Å². The molecule has 0 aliphatic heterocycles. The molecule has 1 aromatic heterocycles. The molecular formula is C21H16N4O2. The topological polar surface area (TPSA) is 60.4 Å². The quantitative estimate of drug-likeness (QED) is 0.605. The van der Waals surface area contributed by atoms with Crippen LogP contribution in [-0.2, 0) is 0 Å². The fourth-order valence-electron chi connectivity index (χ4n) is 2.30. The minimum atomic E-state index is 0.0225. The van der Waals surface area contributed by atoms with Crippen LogP contribution >= 0.6 is 0 Å². The third kappa shape index (κ3) is 4.53. The van der Waals surface area contributed by atoms with Crippen molar-refractivity contribution in [2.75, 3.05) is 18.1 Å². The van der Waals surface area contributed by atoms with Gasteiger partial charge in [-0.3, -0.25) is 4.90 Å². The number of benzene rings is 2. The number of rotatable bonds is 7. The predicted molar refractivity (Wildman–Crippen MR) is 103 cm³/mol. The lowest BCUT2D eigenvalue weighted by atomic mass is 10.2. The maximum Gasteiger partial charge on any atom is 0.325 e. The Hall–Kier alpha value is -4.03. The molecule has 3 aromatic rings. The van der Waals surface area contributed by atoms with Crippen LogP contribution in [0, 0.1) is 24.7 Å². The highest BCUT2D eigenvalue weighted by Crippen LogP contribution is 2.32. The van der Waals surface area contributed by atoms with Crippen LogP contribution in [0.3, 0.4) is 0 Å². The van der Waals surface area contributed by atoms with Crippen LogP contribution in [-0.4, -0.2) is 28.2 Å². The second kappa shape index (κ2) is 8.89.